The summed E-state index contributed by atoms with van der Waals surface area (Å²) in [5.74, 6) is 3.12. The third-order valence-electron chi connectivity index (χ3n) is 3.34. The summed E-state index contributed by atoms with van der Waals surface area (Å²) in [6.07, 6.45) is 1.43. The van der Waals surface area contributed by atoms with Gasteiger partial charge in [0, 0.05) is 25.6 Å². The average molecular weight is 292 g/mol. The third kappa shape index (κ3) is 4.44. The summed E-state index contributed by atoms with van der Waals surface area (Å²) in [5.41, 5.74) is 0. The Bertz CT molecular complexity index is 391. The summed E-state index contributed by atoms with van der Waals surface area (Å²) in [7, 11) is -2.95. The highest BCUT2D eigenvalue weighted by atomic mass is 32.2. The summed E-state index contributed by atoms with van der Waals surface area (Å²) < 4.78 is 22.9. The maximum Gasteiger partial charge on any atom is 0.221 e. The monoisotopic (exact) mass is 292 g/mol. The summed E-state index contributed by atoms with van der Waals surface area (Å²) in [6, 6.07) is -0.221. The molecule has 2 saturated heterocycles. The first-order valence-electron chi connectivity index (χ1n) is 6.33. The van der Waals surface area contributed by atoms with Crippen molar-refractivity contribution in [3.8, 4) is 0 Å². The molecule has 2 N–H and O–H groups in total. The molecular formula is C11H20N2O3S2. The molecule has 0 aromatic rings. The fourth-order valence-electron chi connectivity index (χ4n) is 2.30. The summed E-state index contributed by atoms with van der Waals surface area (Å²) in [4.78, 5) is 11.7. The minimum absolute atomic E-state index is 0.0403. The molecule has 7 heteroatoms. The summed E-state index contributed by atoms with van der Waals surface area (Å²) in [6.45, 7) is 1.19. The van der Waals surface area contributed by atoms with E-state index in [-0.39, 0.29) is 29.9 Å². The Morgan fingerprint density at radius 1 is 1.44 bits per heavy atom. The lowest BCUT2D eigenvalue weighted by Gasteiger charge is -2.23. The first-order chi connectivity index (χ1) is 8.55. The number of rotatable bonds is 4. The molecule has 2 aliphatic rings. The molecule has 0 aliphatic carbocycles. The number of sulfone groups is 1. The fourth-order valence-corrected chi connectivity index (χ4v) is 5.03. The zero-order valence-corrected chi connectivity index (χ0v) is 12.0. The van der Waals surface area contributed by atoms with Crippen molar-refractivity contribution in [2.75, 3.05) is 36.1 Å². The second-order valence-electron chi connectivity index (χ2n) is 5.00. The molecule has 5 nitrogen and oxygen atoms in total. The molecule has 2 rings (SSSR count). The molecule has 2 atom stereocenters. The zero-order valence-electron chi connectivity index (χ0n) is 10.4. The van der Waals surface area contributed by atoms with Crippen LogP contribution in [-0.4, -0.2) is 56.5 Å². The quantitative estimate of drug-likeness (QED) is 0.740. The van der Waals surface area contributed by atoms with Crippen LogP contribution in [0.15, 0.2) is 0 Å². The van der Waals surface area contributed by atoms with Crippen LogP contribution in [0.4, 0.5) is 0 Å². The van der Waals surface area contributed by atoms with Crippen LogP contribution in [0.2, 0.25) is 0 Å². The normalized spacial score (nSPS) is 31.1. The number of carbonyl (C=O) groups excluding carboxylic acids is 1. The van der Waals surface area contributed by atoms with Gasteiger partial charge in [-0.15, -0.1) is 0 Å². The van der Waals surface area contributed by atoms with Gasteiger partial charge in [0.25, 0.3) is 0 Å². The molecule has 0 aromatic heterocycles. The van der Waals surface area contributed by atoms with Gasteiger partial charge in [-0.3, -0.25) is 4.79 Å². The van der Waals surface area contributed by atoms with Crippen molar-refractivity contribution in [1.82, 2.24) is 10.6 Å². The van der Waals surface area contributed by atoms with Gasteiger partial charge in [-0.25, -0.2) is 8.42 Å². The molecule has 2 aliphatic heterocycles. The molecule has 104 valence electrons. The highest BCUT2D eigenvalue weighted by molar-refractivity contribution is 7.99. The lowest BCUT2D eigenvalue weighted by Crippen LogP contribution is -2.47. The van der Waals surface area contributed by atoms with Crippen LogP contribution >= 0.6 is 11.8 Å². The number of nitrogens with one attached hydrogen (secondary N) is 2. The molecule has 18 heavy (non-hydrogen) atoms. The lowest BCUT2D eigenvalue weighted by atomic mass is 10.1. The standard InChI is InChI=1S/C11H20N2O3S2/c14-11(13-6-9-1-3-17-7-9)5-10-8-18(15,16)4-2-12-10/h9-10,12H,1-8H2,(H,13,14). The highest BCUT2D eigenvalue weighted by Crippen LogP contribution is 2.22. The number of thioether (sulfide) groups is 1. The van der Waals surface area contributed by atoms with Crippen molar-refractivity contribution in [2.45, 2.75) is 18.9 Å². The Hall–Kier alpha value is -0.270. The second-order valence-corrected chi connectivity index (χ2v) is 8.38. The number of hydrogen-bond donors (Lipinski definition) is 2. The van der Waals surface area contributed by atoms with Gasteiger partial charge in [0.2, 0.25) is 5.91 Å². The molecule has 2 heterocycles. The van der Waals surface area contributed by atoms with Gasteiger partial charge in [0.05, 0.1) is 11.5 Å². The van der Waals surface area contributed by atoms with Crippen LogP contribution in [-0.2, 0) is 14.6 Å². The van der Waals surface area contributed by atoms with Gasteiger partial charge in [0.15, 0.2) is 9.84 Å². The number of amides is 1. The van der Waals surface area contributed by atoms with Crippen molar-refractivity contribution in [1.29, 1.82) is 0 Å². The topological polar surface area (TPSA) is 75.3 Å². The summed E-state index contributed by atoms with van der Waals surface area (Å²) >= 11 is 1.93. The highest BCUT2D eigenvalue weighted by Gasteiger charge is 2.26. The smallest absolute Gasteiger partial charge is 0.221 e. The molecule has 2 unspecified atom stereocenters. The minimum atomic E-state index is -2.95. The maximum absolute atomic E-state index is 11.7. The van der Waals surface area contributed by atoms with Crippen molar-refractivity contribution in [3.63, 3.8) is 0 Å². The predicted octanol–water partition coefficient (Wildman–Crippen LogP) is -0.368. The Morgan fingerprint density at radius 3 is 2.94 bits per heavy atom. The van der Waals surface area contributed by atoms with Crippen LogP contribution in [0.3, 0.4) is 0 Å². The average Bonchev–Trinajstić information content (AvgIpc) is 2.77. The SMILES string of the molecule is O=C(CC1CS(=O)(=O)CCN1)NCC1CCSC1. The largest absolute Gasteiger partial charge is 0.356 e. The molecular weight excluding hydrogens is 272 g/mol. The van der Waals surface area contributed by atoms with Crippen molar-refractivity contribution in [2.24, 2.45) is 5.92 Å². The molecule has 0 radical (unpaired) electrons. The Labute approximate surface area is 112 Å². The lowest BCUT2D eigenvalue weighted by molar-refractivity contribution is -0.121. The van der Waals surface area contributed by atoms with E-state index in [0.29, 0.717) is 12.5 Å². The van der Waals surface area contributed by atoms with E-state index < -0.39 is 9.84 Å². The molecule has 0 spiro atoms. The van der Waals surface area contributed by atoms with E-state index in [1.54, 1.807) is 0 Å². The molecule has 0 bridgehead atoms. The van der Waals surface area contributed by atoms with Crippen molar-refractivity contribution >= 4 is 27.5 Å². The van der Waals surface area contributed by atoms with Crippen LogP contribution in [0.5, 0.6) is 0 Å². The van der Waals surface area contributed by atoms with Gasteiger partial charge < -0.3 is 10.6 Å². The van der Waals surface area contributed by atoms with Gasteiger partial charge in [-0.1, -0.05) is 0 Å². The van der Waals surface area contributed by atoms with E-state index in [1.807, 2.05) is 11.8 Å². The van der Waals surface area contributed by atoms with E-state index >= 15 is 0 Å². The van der Waals surface area contributed by atoms with Gasteiger partial charge >= 0.3 is 0 Å². The van der Waals surface area contributed by atoms with E-state index in [9.17, 15) is 13.2 Å². The van der Waals surface area contributed by atoms with E-state index in [2.05, 4.69) is 10.6 Å². The minimum Gasteiger partial charge on any atom is -0.356 e. The van der Waals surface area contributed by atoms with Gasteiger partial charge in [-0.2, -0.15) is 11.8 Å². The number of hydrogen-bond acceptors (Lipinski definition) is 5. The van der Waals surface area contributed by atoms with E-state index in [0.717, 1.165) is 12.3 Å². The first-order valence-corrected chi connectivity index (χ1v) is 9.31. The van der Waals surface area contributed by atoms with Crippen LogP contribution in [0.25, 0.3) is 0 Å². The van der Waals surface area contributed by atoms with Crippen molar-refractivity contribution in [3.05, 3.63) is 0 Å². The molecule has 0 saturated carbocycles. The summed E-state index contributed by atoms with van der Waals surface area (Å²) in [5, 5.41) is 6.00. The zero-order chi connectivity index (χ0) is 13.0. The maximum atomic E-state index is 11.7. The molecule has 1 amide bonds. The van der Waals surface area contributed by atoms with Crippen molar-refractivity contribution < 1.29 is 13.2 Å². The fraction of sp³-hybridized carbons (Fsp3) is 0.909. The van der Waals surface area contributed by atoms with E-state index in [1.165, 1.54) is 12.2 Å². The van der Waals surface area contributed by atoms with Crippen LogP contribution in [0, 0.1) is 5.92 Å². The second kappa shape index (κ2) is 6.25. The van der Waals surface area contributed by atoms with Gasteiger partial charge in [0.1, 0.15) is 0 Å². The molecule has 0 aromatic carbocycles. The Kier molecular flexibility index (Phi) is 4.91. The molecule has 2 fully saturated rings. The van der Waals surface area contributed by atoms with Crippen LogP contribution in [0.1, 0.15) is 12.8 Å². The Morgan fingerprint density at radius 2 is 2.28 bits per heavy atom. The Balaban J connectivity index is 1.70. The van der Waals surface area contributed by atoms with Crippen LogP contribution < -0.4 is 10.6 Å². The third-order valence-corrected chi connectivity index (χ3v) is 6.31. The van der Waals surface area contributed by atoms with Gasteiger partial charge in [-0.05, 0) is 23.8 Å². The predicted molar refractivity (Wildman–Crippen MR) is 73.5 cm³/mol. The number of carbonyl (C=O) groups is 1. The van der Waals surface area contributed by atoms with E-state index in [4.69, 9.17) is 0 Å². The first kappa shape index (κ1) is 14.1.